The molecule has 1 saturated heterocycles. The highest BCUT2D eigenvalue weighted by molar-refractivity contribution is 7.12. The van der Waals surface area contributed by atoms with Gasteiger partial charge in [-0.2, -0.15) is 13.2 Å². The van der Waals surface area contributed by atoms with E-state index in [1.807, 2.05) is 0 Å². The molecule has 160 valence electrons. The van der Waals surface area contributed by atoms with E-state index in [4.69, 9.17) is 0 Å². The van der Waals surface area contributed by atoms with Crippen molar-refractivity contribution in [2.24, 2.45) is 5.92 Å². The van der Waals surface area contributed by atoms with Gasteiger partial charge in [0.05, 0.1) is 15.8 Å². The van der Waals surface area contributed by atoms with Crippen molar-refractivity contribution in [2.45, 2.75) is 24.9 Å². The van der Waals surface area contributed by atoms with E-state index in [0.29, 0.717) is 0 Å². The molecule has 2 N–H and O–H groups in total. The number of carbonyl (C=O) groups is 2. The second-order valence-corrected chi connectivity index (χ2v) is 7.51. The number of non-ortho nitro benzene ring substituents is 1. The zero-order valence-corrected chi connectivity index (χ0v) is 16.2. The standard InChI is InChI=1S/C18H16F3N3O5S/c1-2-23-16(26)22-14(10-5-7-11(8-6-10)24(28)29)13(17(23,27)18(19,20)21)15(25)12-4-3-9-30-12/h3-9,13-14,27H,2H2,1H3,(H,22,26). The lowest BCUT2D eigenvalue weighted by atomic mass is 9.77. The van der Waals surface area contributed by atoms with Crippen molar-refractivity contribution >= 4 is 28.8 Å². The fourth-order valence-electron chi connectivity index (χ4n) is 3.55. The molecule has 0 radical (unpaired) electrons. The average Bonchev–Trinajstić information content (AvgIpc) is 3.21. The first kappa shape index (κ1) is 21.7. The monoisotopic (exact) mass is 443 g/mol. The second kappa shape index (κ2) is 7.69. The highest BCUT2D eigenvalue weighted by atomic mass is 32.1. The number of hydrogen-bond acceptors (Lipinski definition) is 6. The molecule has 3 atom stereocenters. The number of hydrogen-bond donors (Lipinski definition) is 2. The maximum Gasteiger partial charge on any atom is 0.437 e. The zero-order chi connectivity index (χ0) is 22.3. The summed E-state index contributed by atoms with van der Waals surface area (Å²) in [6.45, 7) is 0.734. The Morgan fingerprint density at radius 1 is 1.33 bits per heavy atom. The van der Waals surface area contributed by atoms with Crippen LogP contribution in [0.3, 0.4) is 0 Å². The van der Waals surface area contributed by atoms with Gasteiger partial charge < -0.3 is 10.4 Å². The van der Waals surface area contributed by atoms with Crippen LogP contribution < -0.4 is 5.32 Å². The van der Waals surface area contributed by atoms with Gasteiger partial charge in [0, 0.05) is 18.7 Å². The van der Waals surface area contributed by atoms with Crippen LogP contribution in [0.25, 0.3) is 0 Å². The molecular formula is C18H16F3N3O5S. The largest absolute Gasteiger partial charge is 0.437 e. The van der Waals surface area contributed by atoms with Gasteiger partial charge in [0.25, 0.3) is 11.4 Å². The predicted molar refractivity (Wildman–Crippen MR) is 99.9 cm³/mol. The number of carbonyl (C=O) groups excluding carboxylic acids is 2. The van der Waals surface area contributed by atoms with Gasteiger partial charge in [0.2, 0.25) is 0 Å². The van der Waals surface area contributed by atoms with Crippen molar-refractivity contribution in [3.63, 3.8) is 0 Å². The Kier molecular flexibility index (Phi) is 5.56. The molecule has 8 nitrogen and oxygen atoms in total. The van der Waals surface area contributed by atoms with Crippen molar-refractivity contribution in [1.82, 2.24) is 10.2 Å². The van der Waals surface area contributed by atoms with Gasteiger partial charge >= 0.3 is 12.2 Å². The van der Waals surface area contributed by atoms with Crippen molar-refractivity contribution in [3.05, 3.63) is 62.3 Å². The quantitative estimate of drug-likeness (QED) is 0.417. The zero-order valence-electron chi connectivity index (χ0n) is 15.4. The number of aliphatic hydroxyl groups is 1. The number of amides is 2. The number of alkyl halides is 3. The predicted octanol–water partition coefficient (Wildman–Crippen LogP) is 3.49. The van der Waals surface area contributed by atoms with E-state index in [1.165, 1.54) is 24.4 Å². The number of rotatable bonds is 5. The molecule has 1 fully saturated rings. The van der Waals surface area contributed by atoms with Crippen molar-refractivity contribution in [1.29, 1.82) is 0 Å². The summed E-state index contributed by atoms with van der Waals surface area (Å²) in [4.78, 5) is 35.9. The van der Waals surface area contributed by atoms with Crippen LogP contribution in [-0.4, -0.2) is 45.2 Å². The first-order valence-corrected chi connectivity index (χ1v) is 9.59. The van der Waals surface area contributed by atoms with E-state index in [9.17, 15) is 38.0 Å². The first-order valence-electron chi connectivity index (χ1n) is 8.71. The van der Waals surface area contributed by atoms with E-state index in [0.717, 1.165) is 35.6 Å². The van der Waals surface area contributed by atoms with E-state index in [1.54, 1.807) is 0 Å². The lowest BCUT2D eigenvalue weighted by Gasteiger charge is -2.50. The van der Waals surface area contributed by atoms with Crippen LogP contribution in [0.1, 0.15) is 28.2 Å². The molecule has 0 bridgehead atoms. The molecule has 3 unspecified atom stereocenters. The molecule has 1 aliphatic heterocycles. The summed E-state index contributed by atoms with van der Waals surface area (Å²) in [6.07, 6.45) is -5.35. The number of thiophene rings is 1. The number of urea groups is 1. The Morgan fingerprint density at radius 2 is 1.97 bits per heavy atom. The van der Waals surface area contributed by atoms with Crippen LogP contribution in [0.4, 0.5) is 23.7 Å². The van der Waals surface area contributed by atoms with Gasteiger partial charge in [0.15, 0.2) is 5.78 Å². The third-order valence-corrected chi connectivity index (χ3v) is 5.83. The number of ketones is 1. The molecule has 1 aromatic heterocycles. The van der Waals surface area contributed by atoms with Crippen LogP contribution in [0.15, 0.2) is 41.8 Å². The number of nitrogens with zero attached hydrogens (tertiary/aromatic N) is 2. The van der Waals surface area contributed by atoms with Crippen molar-refractivity contribution in [3.8, 4) is 0 Å². The summed E-state index contributed by atoms with van der Waals surface area (Å²) in [5, 5.41) is 25.6. The molecule has 2 amide bonds. The Hall–Kier alpha value is -2.99. The van der Waals surface area contributed by atoms with E-state index in [-0.39, 0.29) is 21.0 Å². The summed E-state index contributed by atoms with van der Waals surface area (Å²) >= 11 is 0.901. The van der Waals surface area contributed by atoms with E-state index in [2.05, 4.69) is 5.32 Å². The number of halogens is 3. The van der Waals surface area contributed by atoms with E-state index >= 15 is 0 Å². The van der Waals surface area contributed by atoms with Gasteiger partial charge in [-0.1, -0.05) is 18.2 Å². The summed E-state index contributed by atoms with van der Waals surface area (Å²) < 4.78 is 42.4. The fraction of sp³-hybridized carbons (Fsp3) is 0.333. The minimum Gasteiger partial charge on any atom is -0.363 e. The maximum absolute atomic E-state index is 14.1. The third-order valence-electron chi connectivity index (χ3n) is 4.95. The van der Waals surface area contributed by atoms with Gasteiger partial charge in [-0.15, -0.1) is 11.3 Å². The fourth-order valence-corrected chi connectivity index (χ4v) is 4.25. The van der Waals surface area contributed by atoms with Gasteiger partial charge in [-0.3, -0.25) is 19.8 Å². The van der Waals surface area contributed by atoms with Crippen molar-refractivity contribution < 1.29 is 32.8 Å². The maximum atomic E-state index is 14.1. The topological polar surface area (TPSA) is 113 Å². The number of nitro benzene ring substituents is 1. The van der Waals surface area contributed by atoms with Crippen LogP contribution in [0, 0.1) is 16.0 Å². The molecular weight excluding hydrogens is 427 g/mol. The molecule has 0 saturated carbocycles. The summed E-state index contributed by atoms with van der Waals surface area (Å²) in [5.74, 6) is -3.15. The highest BCUT2D eigenvalue weighted by Gasteiger charge is 2.69. The van der Waals surface area contributed by atoms with Gasteiger partial charge in [0.1, 0.15) is 5.92 Å². The molecule has 30 heavy (non-hydrogen) atoms. The average molecular weight is 443 g/mol. The molecule has 3 rings (SSSR count). The lowest BCUT2D eigenvalue weighted by Crippen LogP contribution is -2.73. The van der Waals surface area contributed by atoms with Crippen LogP contribution >= 0.6 is 11.3 Å². The normalized spacial score (nSPS) is 24.4. The summed E-state index contributed by atoms with van der Waals surface area (Å²) in [7, 11) is 0. The number of Topliss-reactive ketones (excluding diaryl/α,β-unsaturated/α-hetero) is 1. The summed E-state index contributed by atoms with van der Waals surface area (Å²) in [6, 6.07) is 4.42. The SMILES string of the molecule is CCN1C(=O)NC(c2ccc([N+](=O)[O-])cc2)C(C(=O)c2cccs2)C1(O)C(F)(F)F. The Balaban J connectivity index is 2.20. The summed E-state index contributed by atoms with van der Waals surface area (Å²) in [5.41, 5.74) is -4.08. The second-order valence-electron chi connectivity index (χ2n) is 6.56. The molecule has 2 aromatic rings. The third kappa shape index (κ3) is 3.41. The van der Waals surface area contributed by atoms with E-state index < -0.39 is 47.1 Å². The minimum atomic E-state index is -5.35. The smallest absolute Gasteiger partial charge is 0.363 e. The minimum absolute atomic E-state index is 0.0160. The van der Waals surface area contributed by atoms with Crippen LogP contribution in [0.2, 0.25) is 0 Å². The van der Waals surface area contributed by atoms with Crippen molar-refractivity contribution in [2.75, 3.05) is 6.54 Å². The Bertz CT molecular complexity index is 964. The Labute approximate surface area is 172 Å². The number of nitrogens with one attached hydrogen (secondary N) is 1. The Morgan fingerprint density at radius 3 is 2.43 bits per heavy atom. The first-order chi connectivity index (χ1) is 14.0. The van der Waals surface area contributed by atoms with Gasteiger partial charge in [-0.25, -0.2) is 4.79 Å². The number of nitro groups is 1. The van der Waals surface area contributed by atoms with Crippen LogP contribution in [-0.2, 0) is 0 Å². The van der Waals surface area contributed by atoms with Crippen LogP contribution in [0.5, 0.6) is 0 Å². The molecule has 1 aliphatic rings. The molecule has 2 heterocycles. The molecule has 1 aromatic carbocycles. The molecule has 0 spiro atoms. The van der Waals surface area contributed by atoms with Gasteiger partial charge in [-0.05, 0) is 23.9 Å². The lowest BCUT2D eigenvalue weighted by molar-refractivity contribution is -0.384. The number of benzene rings is 1. The highest BCUT2D eigenvalue weighted by Crippen LogP contribution is 2.48. The molecule has 0 aliphatic carbocycles. The molecule has 12 heteroatoms.